The molecule has 1 aliphatic heterocycles. The van der Waals surface area contributed by atoms with Crippen molar-refractivity contribution >= 4 is 30.4 Å². The molecule has 16 heavy (non-hydrogen) atoms. The third-order valence-electron chi connectivity index (χ3n) is 3.77. The van der Waals surface area contributed by atoms with E-state index in [1.165, 1.54) is 0 Å². The van der Waals surface area contributed by atoms with Crippen LogP contribution in [0.5, 0.6) is 0 Å². The van der Waals surface area contributed by atoms with E-state index in [-0.39, 0.29) is 23.0 Å². The van der Waals surface area contributed by atoms with Gasteiger partial charge in [0, 0.05) is 6.54 Å². The largest absolute Gasteiger partial charge is 0.413 e. The summed E-state index contributed by atoms with van der Waals surface area (Å²) < 4.78 is 7.77. The molecule has 0 unspecified atom stereocenters. The van der Waals surface area contributed by atoms with Gasteiger partial charge in [0.25, 0.3) is 0 Å². The van der Waals surface area contributed by atoms with Gasteiger partial charge in [0.05, 0.1) is 28.2 Å². The van der Waals surface area contributed by atoms with Crippen LogP contribution >= 0.6 is 16.1 Å². The molecule has 1 heterocycles. The minimum atomic E-state index is -1.75. The number of amides is 1. The van der Waals surface area contributed by atoms with Crippen molar-refractivity contribution in [2.75, 3.05) is 6.54 Å². The topological polar surface area (TPSA) is 29.5 Å². The first kappa shape index (κ1) is 14.2. The van der Waals surface area contributed by atoms with Crippen LogP contribution in [0.1, 0.15) is 27.7 Å². The van der Waals surface area contributed by atoms with Gasteiger partial charge in [-0.3, -0.25) is 8.72 Å². The lowest BCUT2D eigenvalue weighted by atomic mass is 9.97. The number of hydrogen-bond acceptors (Lipinski definition) is 2. The predicted molar refractivity (Wildman–Crippen MR) is 71.9 cm³/mol. The lowest BCUT2D eigenvalue weighted by Gasteiger charge is -2.43. The second-order valence-corrected chi connectivity index (χ2v) is 11.7. The molecule has 0 aromatic rings. The van der Waals surface area contributed by atoms with E-state index in [0.29, 0.717) is 0 Å². The lowest BCUT2D eigenvalue weighted by molar-refractivity contribution is -0.143. The lowest BCUT2D eigenvalue weighted by Crippen LogP contribution is -2.55. The van der Waals surface area contributed by atoms with E-state index in [9.17, 15) is 4.79 Å². The van der Waals surface area contributed by atoms with Crippen LogP contribution in [0, 0.1) is 5.92 Å². The molecule has 5 heteroatoms. The Balaban J connectivity index is 2.58. The first-order valence-corrected chi connectivity index (χ1v) is 9.33. The monoisotopic (exact) mass is 307 g/mol. The summed E-state index contributed by atoms with van der Waals surface area (Å²) in [6, 6.07) is 0. The van der Waals surface area contributed by atoms with E-state index >= 15 is 0 Å². The molecule has 1 fully saturated rings. The number of β-lactam (4-membered cyclic amide) rings is 1. The van der Waals surface area contributed by atoms with Gasteiger partial charge in [-0.15, -0.1) is 0 Å². The standard InChI is InChI=1S/C11H22BrNO2Si/c1-8(9-7-13(12)10(9)14)15-16(5,6)11(2,3)4/h8-9H,7H2,1-6H3/t8-,9-/m0/s1. The summed E-state index contributed by atoms with van der Waals surface area (Å²) in [4.78, 5) is 11.6. The molecule has 1 aliphatic rings. The number of hydrogen-bond donors (Lipinski definition) is 0. The Bertz CT molecular complexity index is 288. The van der Waals surface area contributed by atoms with Crippen LogP contribution in [0.2, 0.25) is 18.1 Å². The van der Waals surface area contributed by atoms with Gasteiger partial charge < -0.3 is 4.43 Å². The molecule has 0 N–H and O–H groups in total. The smallest absolute Gasteiger partial charge is 0.239 e. The van der Waals surface area contributed by atoms with Crippen LogP contribution in [0.4, 0.5) is 0 Å². The second kappa shape index (κ2) is 4.42. The average Bonchev–Trinajstić information content (AvgIpc) is 2.10. The molecular weight excluding hydrogens is 286 g/mol. The Morgan fingerprint density at radius 2 is 2.00 bits per heavy atom. The molecule has 3 nitrogen and oxygen atoms in total. The van der Waals surface area contributed by atoms with Crippen molar-refractivity contribution in [3.63, 3.8) is 0 Å². The maximum absolute atomic E-state index is 11.6. The van der Waals surface area contributed by atoms with E-state index in [1.807, 2.05) is 6.92 Å². The highest BCUT2D eigenvalue weighted by molar-refractivity contribution is 9.07. The quantitative estimate of drug-likeness (QED) is 0.455. The van der Waals surface area contributed by atoms with Crippen LogP contribution in [-0.4, -0.2) is 30.8 Å². The highest BCUT2D eigenvalue weighted by Gasteiger charge is 2.45. The maximum atomic E-state index is 11.6. The minimum Gasteiger partial charge on any atom is -0.413 e. The molecule has 1 saturated heterocycles. The number of rotatable bonds is 3. The van der Waals surface area contributed by atoms with Gasteiger partial charge >= 0.3 is 0 Å². The summed E-state index contributed by atoms with van der Waals surface area (Å²) in [5, 5.41) is 0.197. The van der Waals surface area contributed by atoms with Crippen molar-refractivity contribution in [1.82, 2.24) is 3.93 Å². The molecule has 94 valence electrons. The van der Waals surface area contributed by atoms with Gasteiger partial charge in [-0.1, -0.05) is 20.8 Å². The molecule has 0 aromatic carbocycles. The van der Waals surface area contributed by atoms with Gasteiger partial charge in [0.15, 0.2) is 8.32 Å². The average molecular weight is 308 g/mol. The van der Waals surface area contributed by atoms with Gasteiger partial charge in [-0.2, -0.15) is 0 Å². The molecule has 0 aromatic heterocycles. The molecule has 0 bridgehead atoms. The van der Waals surface area contributed by atoms with Gasteiger partial charge in [-0.25, -0.2) is 0 Å². The normalized spacial score (nSPS) is 24.3. The summed E-state index contributed by atoms with van der Waals surface area (Å²) in [7, 11) is -1.75. The van der Waals surface area contributed by atoms with Crippen molar-refractivity contribution in [2.45, 2.75) is 51.9 Å². The fourth-order valence-electron chi connectivity index (χ4n) is 1.48. The highest BCUT2D eigenvalue weighted by atomic mass is 79.9. The zero-order valence-electron chi connectivity index (χ0n) is 11.0. The van der Waals surface area contributed by atoms with Crippen molar-refractivity contribution < 1.29 is 9.22 Å². The molecular formula is C11H22BrNO2Si. The molecule has 0 saturated carbocycles. The van der Waals surface area contributed by atoms with Crippen LogP contribution in [0.15, 0.2) is 0 Å². The number of carbonyl (C=O) groups excluding carboxylic acids is 1. The minimum absolute atomic E-state index is 0.0298. The third-order valence-corrected chi connectivity index (χ3v) is 8.98. The fourth-order valence-corrected chi connectivity index (χ4v) is 3.50. The van der Waals surface area contributed by atoms with E-state index < -0.39 is 8.32 Å². The van der Waals surface area contributed by atoms with Crippen molar-refractivity contribution in [3.05, 3.63) is 0 Å². The number of nitrogens with zero attached hydrogens (tertiary/aromatic N) is 1. The van der Waals surface area contributed by atoms with Gasteiger partial charge in [0.2, 0.25) is 5.91 Å². The zero-order chi connectivity index (χ0) is 12.7. The Morgan fingerprint density at radius 1 is 1.50 bits per heavy atom. The summed E-state index contributed by atoms with van der Waals surface area (Å²) >= 11 is 3.19. The molecule has 2 atom stereocenters. The summed E-state index contributed by atoms with van der Waals surface area (Å²) in [5.74, 6) is 0.180. The Hall–Kier alpha value is 0.127. The molecule has 1 amide bonds. The Labute approximate surface area is 108 Å². The third kappa shape index (κ3) is 2.68. The van der Waals surface area contributed by atoms with E-state index in [4.69, 9.17) is 4.43 Å². The molecule has 0 radical (unpaired) electrons. The number of carbonyl (C=O) groups is 1. The molecule has 0 spiro atoms. The Kier molecular flexibility index (Phi) is 3.92. The summed E-state index contributed by atoms with van der Waals surface area (Å²) in [5.41, 5.74) is 0. The van der Waals surface area contributed by atoms with E-state index in [2.05, 4.69) is 50.0 Å². The second-order valence-electron chi connectivity index (χ2n) is 6.07. The summed E-state index contributed by atoms with van der Waals surface area (Å²) in [6.45, 7) is 13.9. The molecule has 0 aliphatic carbocycles. The van der Waals surface area contributed by atoms with Crippen LogP contribution in [0.3, 0.4) is 0 Å². The first-order valence-electron chi connectivity index (χ1n) is 5.71. The van der Waals surface area contributed by atoms with Crippen LogP contribution in [0.25, 0.3) is 0 Å². The van der Waals surface area contributed by atoms with E-state index in [0.717, 1.165) is 6.54 Å². The fraction of sp³-hybridized carbons (Fsp3) is 0.909. The van der Waals surface area contributed by atoms with Gasteiger partial charge in [0.1, 0.15) is 0 Å². The van der Waals surface area contributed by atoms with Crippen molar-refractivity contribution in [2.24, 2.45) is 5.92 Å². The number of halogens is 1. The maximum Gasteiger partial charge on any atom is 0.239 e. The van der Waals surface area contributed by atoms with Crippen molar-refractivity contribution in [3.8, 4) is 0 Å². The SMILES string of the molecule is C[C@H](O[Si](C)(C)C(C)(C)C)[C@@H]1CN(Br)C1=O. The highest BCUT2D eigenvalue weighted by Crippen LogP contribution is 2.39. The van der Waals surface area contributed by atoms with E-state index in [1.54, 1.807) is 3.93 Å². The first-order chi connectivity index (χ1) is 7.06. The predicted octanol–water partition coefficient (Wildman–Crippen LogP) is 3.17. The zero-order valence-corrected chi connectivity index (χ0v) is 13.6. The van der Waals surface area contributed by atoms with Crippen LogP contribution in [-0.2, 0) is 9.22 Å². The van der Waals surface area contributed by atoms with Crippen molar-refractivity contribution in [1.29, 1.82) is 0 Å². The van der Waals surface area contributed by atoms with Crippen LogP contribution < -0.4 is 0 Å². The van der Waals surface area contributed by atoms with Gasteiger partial charge in [-0.05, 0) is 25.1 Å². The Morgan fingerprint density at radius 3 is 2.31 bits per heavy atom. The summed E-state index contributed by atoms with van der Waals surface area (Å²) in [6.07, 6.45) is 0.0298. The molecule has 1 rings (SSSR count).